The maximum absolute atomic E-state index is 12.6. The highest BCUT2D eigenvalue weighted by atomic mass is 16.5. The number of hydrogen-bond donors (Lipinski definition) is 1. The third-order valence-corrected chi connectivity index (χ3v) is 4.79. The number of nitriles is 1. The summed E-state index contributed by atoms with van der Waals surface area (Å²) >= 11 is 0. The molecular weight excluding hydrogens is 288 g/mol. The molecule has 0 amide bonds. The van der Waals surface area contributed by atoms with Gasteiger partial charge in [-0.15, -0.1) is 0 Å². The van der Waals surface area contributed by atoms with Crippen molar-refractivity contribution in [3.05, 3.63) is 22.8 Å². The van der Waals surface area contributed by atoms with Gasteiger partial charge in [-0.2, -0.15) is 5.26 Å². The van der Waals surface area contributed by atoms with Gasteiger partial charge < -0.3 is 10.5 Å². The van der Waals surface area contributed by atoms with Crippen LogP contribution in [0.3, 0.4) is 0 Å². The van der Waals surface area contributed by atoms with E-state index in [0.29, 0.717) is 29.7 Å². The van der Waals surface area contributed by atoms with Crippen LogP contribution >= 0.6 is 0 Å². The Labute approximate surface area is 139 Å². The Morgan fingerprint density at radius 1 is 1.26 bits per heavy atom. The number of rotatable bonds is 6. The van der Waals surface area contributed by atoms with Gasteiger partial charge in [0.15, 0.2) is 5.78 Å². The molecule has 0 radical (unpaired) electrons. The van der Waals surface area contributed by atoms with E-state index >= 15 is 0 Å². The quantitative estimate of drug-likeness (QED) is 0.740. The number of nitrogens with zero attached hydrogens (tertiary/aromatic N) is 1. The average Bonchev–Trinajstić information content (AvgIpc) is 2.44. The van der Waals surface area contributed by atoms with Crippen molar-refractivity contribution in [1.29, 1.82) is 5.26 Å². The number of ether oxygens (including phenoxy) is 1. The first-order chi connectivity index (χ1) is 10.9. The standard InChI is InChI=1S/C19H28N2O2/c1-4-5-6-7-8-9-13-14(12-20)18(21)23-16-11-19(2,3)10-15(22)17(13)16/h13H,4-11,21H2,1-3H3. The number of unbranched alkanes of at least 4 members (excludes halogenated alkanes) is 4. The van der Waals surface area contributed by atoms with E-state index in [0.717, 1.165) is 19.3 Å². The first-order valence-corrected chi connectivity index (χ1v) is 8.73. The fourth-order valence-electron chi connectivity index (χ4n) is 3.63. The van der Waals surface area contributed by atoms with Gasteiger partial charge in [-0.25, -0.2) is 0 Å². The summed E-state index contributed by atoms with van der Waals surface area (Å²) in [6.07, 6.45) is 7.81. The highest BCUT2D eigenvalue weighted by Crippen LogP contribution is 2.45. The predicted molar refractivity (Wildman–Crippen MR) is 89.8 cm³/mol. The highest BCUT2D eigenvalue weighted by molar-refractivity contribution is 5.98. The summed E-state index contributed by atoms with van der Waals surface area (Å²) < 4.78 is 5.67. The maximum Gasteiger partial charge on any atom is 0.204 e. The van der Waals surface area contributed by atoms with Crippen molar-refractivity contribution in [3.63, 3.8) is 0 Å². The van der Waals surface area contributed by atoms with E-state index in [2.05, 4.69) is 26.8 Å². The van der Waals surface area contributed by atoms with Gasteiger partial charge in [-0.3, -0.25) is 4.79 Å². The summed E-state index contributed by atoms with van der Waals surface area (Å²) in [7, 11) is 0. The highest BCUT2D eigenvalue weighted by Gasteiger charge is 2.41. The summed E-state index contributed by atoms with van der Waals surface area (Å²) in [5.74, 6) is 0.834. The van der Waals surface area contributed by atoms with Gasteiger partial charge in [-0.1, -0.05) is 52.9 Å². The molecule has 1 aliphatic heterocycles. The van der Waals surface area contributed by atoms with Gasteiger partial charge in [0.1, 0.15) is 11.8 Å². The molecule has 1 unspecified atom stereocenters. The van der Waals surface area contributed by atoms with Crippen LogP contribution < -0.4 is 5.73 Å². The molecule has 0 fully saturated rings. The molecule has 1 heterocycles. The Bertz CT molecular complexity index is 579. The number of Topliss-reactive ketones (excluding diaryl/α,β-unsaturated/α-hetero) is 1. The minimum atomic E-state index is -0.172. The molecule has 4 heteroatoms. The predicted octanol–water partition coefficient (Wildman–Crippen LogP) is 4.33. The number of allylic oxidation sites excluding steroid dienone is 3. The van der Waals surface area contributed by atoms with Crippen molar-refractivity contribution < 1.29 is 9.53 Å². The molecule has 2 rings (SSSR count). The first kappa shape index (κ1) is 17.6. The van der Waals surface area contributed by atoms with Gasteiger partial charge in [-0.05, 0) is 11.8 Å². The molecule has 0 bridgehead atoms. The molecule has 2 N–H and O–H groups in total. The van der Waals surface area contributed by atoms with Gasteiger partial charge in [0.25, 0.3) is 0 Å². The Balaban J connectivity index is 2.20. The number of ketones is 1. The number of carbonyl (C=O) groups is 1. The lowest BCUT2D eigenvalue weighted by atomic mass is 9.71. The summed E-state index contributed by atoms with van der Waals surface area (Å²) in [6, 6.07) is 2.17. The Morgan fingerprint density at radius 3 is 2.61 bits per heavy atom. The molecule has 0 aromatic rings. The lowest BCUT2D eigenvalue weighted by molar-refractivity contribution is -0.119. The van der Waals surface area contributed by atoms with Crippen LogP contribution in [0.5, 0.6) is 0 Å². The van der Waals surface area contributed by atoms with Gasteiger partial charge in [0, 0.05) is 24.3 Å². The van der Waals surface area contributed by atoms with E-state index < -0.39 is 0 Å². The molecule has 1 atom stereocenters. The normalized spacial score (nSPS) is 23.4. The second-order valence-electron chi connectivity index (χ2n) is 7.53. The van der Waals surface area contributed by atoms with Crippen LogP contribution in [0, 0.1) is 22.7 Å². The maximum atomic E-state index is 12.6. The molecule has 0 saturated heterocycles. The van der Waals surface area contributed by atoms with Crippen molar-refractivity contribution in [2.75, 3.05) is 0 Å². The smallest absolute Gasteiger partial charge is 0.204 e. The largest absolute Gasteiger partial charge is 0.444 e. The Hall–Kier alpha value is -1.76. The van der Waals surface area contributed by atoms with Crippen LogP contribution in [0.25, 0.3) is 0 Å². The molecule has 4 nitrogen and oxygen atoms in total. The van der Waals surface area contributed by atoms with Gasteiger partial charge in [0.2, 0.25) is 5.88 Å². The minimum absolute atomic E-state index is 0.105. The van der Waals surface area contributed by atoms with Crippen molar-refractivity contribution in [3.8, 4) is 6.07 Å². The van der Waals surface area contributed by atoms with Crippen molar-refractivity contribution in [1.82, 2.24) is 0 Å². The average molecular weight is 316 g/mol. The zero-order chi connectivity index (χ0) is 17.0. The van der Waals surface area contributed by atoms with Crippen molar-refractivity contribution in [2.45, 2.75) is 72.1 Å². The van der Waals surface area contributed by atoms with Crippen LogP contribution in [-0.2, 0) is 9.53 Å². The molecule has 0 aromatic heterocycles. The second kappa shape index (κ2) is 7.21. The zero-order valence-corrected chi connectivity index (χ0v) is 14.6. The summed E-state index contributed by atoms with van der Waals surface area (Å²) in [4.78, 5) is 12.6. The van der Waals surface area contributed by atoms with E-state index in [1.807, 2.05) is 0 Å². The summed E-state index contributed by atoms with van der Waals surface area (Å²) in [6.45, 7) is 6.32. The number of hydrogen-bond acceptors (Lipinski definition) is 4. The molecule has 23 heavy (non-hydrogen) atoms. The van der Waals surface area contributed by atoms with Crippen molar-refractivity contribution in [2.24, 2.45) is 17.1 Å². The zero-order valence-electron chi connectivity index (χ0n) is 14.6. The van der Waals surface area contributed by atoms with E-state index in [1.54, 1.807) is 0 Å². The summed E-state index contributed by atoms with van der Waals surface area (Å²) in [5.41, 5.74) is 7.01. The minimum Gasteiger partial charge on any atom is -0.444 e. The topological polar surface area (TPSA) is 76.1 Å². The molecule has 2 aliphatic rings. The van der Waals surface area contributed by atoms with Crippen LogP contribution in [-0.4, -0.2) is 5.78 Å². The Morgan fingerprint density at radius 2 is 1.96 bits per heavy atom. The molecule has 0 aromatic carbocycles. The fraction of sp³-hybridized carbons (Fsp3) is 0.684. The van der Waals surface area contributed by atoms with Crippen LogP contribution in [0.15, 0.2) is 22.8 Å². The van der Waals surface area contributed by atoms with Crippen molar-refractivity contribution >= 4 is 5.78 Å². The van der Waals surface area contributed by atoms with Gasteiger partial charge >= 0.3 is 0 Å². The number of nitrogens with two attached hydrogens (primary N) is 1. The molecule has 0 spiro atoms. The molecule has 126 valence electrons. The lowest BCUT2D eigenvalue weighted by Gasteiger charge is -2.37. The van der Waals surface area contributed by atoms with Crippen LogP contribution in [0.2, 0.25) is 0 Å². The first-order valence-electron chi connectivity index (χ1n) is 8.73. The third kappa shape index (κ3) is 3.96. The fourth-order valence-corrected chi connectivity index (χ4v) is 3.63. The third-order valence-electron chi connectivity index (χ3n) is 4.79. The van der Waals surface area contributed by atoms with E-state index in [9.17, 15) is 10.1 Å². The van der Waals surface area contributed by atoms with Crippen LogP contribution in [0.4, 0.5) is 0 Å². The molecule has 1 aliphatic carbocycles. The molecular formula is C19H28N2O2. The van der Waals surface area contributed by atoms with E-state index in [4.69, 9.17) is 10.5 Å². The van der Waals surface area contributed by atoms with E-state index in [1.165, 1.54) is 19.3 Å². The van der Waals surface area contributed by atoms with Crippen LogP contribution in [0.1, 0.15) is 72.1 Å². The van der Waals surface area contributed by atoms with Gasteiger partial charge in [0.05, 0.1) is 5.57 Å². The summed E-state index contributed by atoms with van der Waals surface area (Å²) in [5, 5.41) is 9.45. The Kier molecular flexibility index (Phi) is 5.51. The number of carbonyl (C=O) groups excluding carboxylic acids is 1. The SMILES string of the molecule is CCCCCCCC1C(C#N)=C(N)OC2=C1C(=O)CC(C)(C)C2. The monoisotopic (exact) mass is 316 g/mol. The molecule has 0 saturated carbocycles. The second-order valence-corrected chi connectivity index (χ2v) is 7.53. The lowest BCUT2D eigenvalue weighted by Crippen LogP contribution is -2.34. The van der Waals surface area contributed by atoms with E-state index in [-0.39, 0.29) is 23.0 Å².